The van der Waals surface area contributed by atoms with E-state index in [1.807, 2.05) is 23.5 Å². The van der Waals surface area contributed by atoms with Crippen molar-refractivity contribution >= 4 is 34.2 Å². The van der Waals surface area contributed by atoms with E-state index in [9.17, 15) is 0 Å². The molecule has 98 valence electrons. The maximum Gasteiger partial charge on any atom is 0.103 e. The van der Waals surface area contributed by atoms with E-state index in [1.54, 1.807) is 0 Å². The first kappa shape index (κ1) is 12.6. The number of hydrogen-bond acceptors (Lipinski definition) is 3. The highest BCUT2D eigenvalue weighted by Crippen LogP contribution is 2.35. The second-order valence-electron chi connectivity index (χ2n) is 4.83. The van der Waals surface area contributed by atoms with Gasteiger partial charge in [0.2, 0.25) is 0 Å². The summed E-state index contributed by atoms with van der Waals surface area (Å²) in [5.74, 6) is 0. The molecular weight excluding hydrogens is 272 g/mol. The summed E-state index contributed by atoms with van der Waals surface area (Å²) in [5, 5.41) is 5.81. The van der Waals surface area contributed by atoms with Gasteiger partial charge >= 0.3 is 0 Å². The molecule has 0 saturated carbocycles. The summed E-state index contributed by atoms with van der Waals surface area (Å²) in [6.07, 6.45) is 3.68. The van der Waals surface area contributed by atoms with Crippen molar-refractivity contribution in [1.82, 2.24) is 0 Å². The zero-order valence-corrected chi connectivity index (χ0v) is 12.2. The zero-order valence-electron chi connectivity index (χ0n) is 10.6. The van der Waals surface area contributed by atoms with Crippen LogP contribution in [0, 0.1) is 0 Å². The van der Waals surface area contributed by atoms with Crippen molar-refractivity contribution in [1.29, 1.82) is 0 Å². The van der Waals surface area contributed by atoms with Crippen LogP contribution in [0.1, 0.15) is 34.9 Å². The highest BCUT2D eigenvalue weighted by atomic mass is 32.1. The van der Waals surface area contributed by atoms with Crippen LogP contribution < -0.4 is 11.1 Å². The largest absolute Gasteiger partial charge is 0.389 e. The Labute approximate surface area is 122 Å². The van der Waals surface area contributed by atoms with Crippen LogP contribution in [0.2, 0.25) is 0 Å². The number of rotatable bonds is 3. The number of benzene rings is 1. The summed E-state index contributed by atoms with van der Waals surface area (Å²) in [6.45, 7) is 0. The van der Waals surface area contributed by atoms with E-state index >= 15 is 0 Å². The minimum Gasteiger partial charge on any atom is -0.389 e. The standard InChI is InChI=1S/C15H16N2S2/c16-15(18)10-4-6-11(7-5-10)17-13-2-1-3-14-12(13)8-9-19-14/h4-9,13,17H,1-3H2,(H2,16,18). The molecule has 1 aliphatic rings. The summed E-state index contributed by atoms with van der Waals surface area (Å²) >= 11 is 6.84. The molecule has 0 amide bonds. The lowest BCUT2D eigenvalue weighted by Gasteiger charge is -2.24. The molecule has 2 nitrogen and oxygen atoms in total. The van der Waals surface area contributed by atoms with Crippen molar-refractivity contribution in [3.8, 4) is 0 Å². The first-order valence-corrected chi connectivity index (χ1v) is 7.75. The van der Waals surface area contributed by atoms with Crippen molar-refractivity contribution in [2.75, 3.05) is 5.32 Å². The van der Waals surface area contributed by atoms with Gasteiger partial charge in [-0.15, -0.1) is 11.3 Å². The van der Waals surface area contributed by atoms with Gasteiger partial charge in [0, 0.05) is 16.1 Å². The number of nitrogens with two attached hydrogens (primary N) is 1. The molecule has 4 heteroatoms. The molecule has 1 aliphatic carbocycles. The van der Waals surface area contributed by atoms with Gasteiger partial charge in [-0.05, 0) is 60.5 Å². The van der Waals surface area contributed by atoms with E-state index in [-0.39, 0.29) is 0 Å². The van der Waals surface area contributed by atoms with Gasteiger partial charge in [0.05, 0.1) is 6.04 Å². The fourth-order valence-electron chi connectivity index (χ4n) is 2.57. The molecule has 1 aromatic heterocycles. The Hall–Kier alpha value is -1.39. The van der Waals surface area contributed by atoms with Gasteiger partial charge in [-0.1, -0.05) is 12.2 Å². The molecule has 19 heavy (non-hydrogen) atoms. The number of nitrogens with one attached hydrogen (secondary N) is 1. The Morgan fingerprint density at radius 2 is 2.05 bits per heavy atom. The zero-order chi connectivity index (χ0) is 13.2. The van der Waals surface area contributed by atoms with Crippen LogP contribution in [0.25, 0.3) is 0 Å². The Balaban J connectivity index is 1.78. The molecule has 3 rings (SSSR count). The highest BCUT2D eigenvalue weighted by Gasteiger charge is 2.20. The number of thiophene rings is 1. The normalized spacial score (nSPS) is 17.8. The smallest absolute Gasteiger partial charge is 0.103 e. The van der Waals surface area contributed by atoms with Gasteiger partial charge < -0.3 is 11.1 Å². The quantitative estimate of drug-likeness (QED) is 0.842. The van der Waals surface area contributed by atoms with E-state index in [0.717, 1.165) is 11.3 Å². The van der Waals surface area contributed by atoms with E-state index in [4.69, 9.17) is 18.0 Å². The third kappa shape index (κ3) is 2.65. The van der Waals surface area contributed by atoms with Crippen LogP contribution in [-0.2, 0) is 6.42 Å². The number of aryl methyl sites for hydroxylation is 1. The van der Waals surface area contributed by atoms with Gasteiger partial charge in [-0.25, -0.2) is 0 Å². The lowest BCUT2D eigenvalue weighted by atomic mass is 9.94. The van der Waals surface area contributed by atoms with Crippen LogP contribution in [0.15, 0.2) is 35.7 Å². The van der Waals surface area contributed by atoms with Crippen molar-refractivity contribution in [2.24, 2.45) is 5.73 Å². The Morgan fingerprint density at radius 1 is 1.26 bits per heavy atom. The molecule has 1 heterocycles. The first-order chi connectivity index (χ1) is 9.24. The summed E-state index contributed by atoms with van der Waals surface area (Å²) in [7, 11) is 0. The second-order valence-corrected chi connectivity index (χ2v) is 6.27. The van der Waals surface area contributed by atoms with Crippen LogP contribution in [0.4, 0.5) is 5.69 Å². The molecule has 0 fully saturated rings. The molecule has 1 unspecified atom stereocenters. The SMILES string of the molecule is NC(=S)c1ccc(NC2CCCc3sccc32)cc1. The van der Waals surface area contributed by atoms with Crippen LogP contribution in [0.3, 0.4) is 0 Å². The predicted octanol–water partition coefficient (Wildman–Crippen LogP) is 3.87. The molecule has 2 aromatic rings. The van der Waals surface area contributed by atoms with E-state index in [2.05, 4.69) is 28.9 Å². The van der Waals surface area contributed by atoms with Crippen LogP contribution in [0.5, 0.6) is 0 Å². The number of anilines is 1. The monoisotopic (exact) mass is 288 g/mol. The minimum atomic E-state index is 0.436. The van der Waals surface area contributed by atoms with Crippen LogP contribution in [-0.4, -0.2) is 4.99 Å². The lowest BCUT2D eigenvalue weighted by Crippen LogP contribution is -2.15. The van der Waals surface area contributed by atoms with Crippen molar-refractivity contribution in [2.45, 2.75) is 25.3 Å². The molecule has 0 saturated heterocycles. The molecule has 0 bridgehead atoms. The molecule has 0 spiro atoms. The van der Waals surface area contributed by atoms with Gasteiger partial charge in [0.1, 0.15) is 4.99 Å². The predicted molar refractivity (Wildman–Crippen MR) is 86.0 cm³/mol. The van der Waals surface area contributed by atoms with Crippen molar-refractivity contribution in [3.63, 3.8) is 0 Å². The first-order valence-electron chi connectivity index (χ1n) is 6.47. The minimum absolute atomic E-state index is 0.436. The average molecular weight is 288 g/mol. The number of fused-ring (bicyclic) bond motifs is 1. The topological polar surface area (TPSA) is 38.0 Å². The molecule has 1 atom stereocenters. The molecule has 0 aliphatic heterocycles. The fraction of sp³-hybridized carbons (Fsp3) is 0.267. The Bertz CT molecular complexity index is 586. The second kappa shape index (κ2) is 5.31. The maximum absolute atomic E-state index is 5.61. The van der Waals surface area contributed by atoms with Gasteiger partial charge in [-0.2, -0.15) is 0 Å². The molecule has 1 aromatic carbocycles. The lowest BCUT2D eigenvalue weighted by molar-refractivity contribution is 0.609. The van der Waals surface area contributed by atoms with Gasteiger partial charge in [0.25, 0.3) is 0 Å². The number of hydrogen-bond donors (Lipinski definition) is 2. The van der Waals surface area contributed by atoms with Crippen molar-refractivity contribution < 1.29 is 0 Å². The van der Waals surface area contributed by atoms with Gasteiger partial charge in [0.15, 0.2) is 0 Å². The van der Waals surface area contributed by atoms with E-state index in [0.29, 0.717) is 11.0 Å². The van der Waals surface area contributed by atoms with Gasteiger partial charge in [-0.3, -0.25) is 0 Å². The summed E-state index contributed by atoms with van der Waals surface area (Å²) < 4.78 is 0. The molecular formula is C15H16N2S2. The Kier molecular flexibility index (Phi) is 3.53. The van der Waals surface area contributed by atoms with E-state index in [1.165, 1.54) is 29.7 Å². The summed E-state index contributed by atoms with van der Waals surface area (Å²) in [4.78, 5) is 1.98. The van der Waals surface area contributed by atoms with E-state index < -0.39 is 0 Å². The third-order valence-electron chi connectivity index (χ3n) is 3.56. The summed E-state index contributed by atoms with van der Waals surface area (Å²) in [5.41, 5.74) is 9.12. The van der Waals surface area contributed by atoms with Crippen molar-refractivity contribution in [3.05, 3.63) is 51.7 Å². The third-order valence-corrected chi connectivity index (χ3v) is 4.79. The number of thiocarbonyl (C=S) groups is 1. The fourth-order valence-corrected chi connectivity index (χ4v) is 3.69. The van der Waals surface area contributed by atoms with Crippen LogP contribution >= 0.6 is 23.6 Å². The average Bonchev–Trinajstić information content (AvgIpc) is 2.89. The Morgan fingerprint density at radius 3 is 2.79 bits per heavy atom. The molecule has 0 radical (unpaired) electrons. The summed E-state index contributed by atoms with van der Waals surface area (Å²) in [6, 6.07) is 10.7. The highest BCUT2D eigenvalue weighted by molar-refractivity contribution is 7.80. The molecule has 3 N–H and O–H groups in total. The maximum atomic E-state index is 5.61.